The summed E-state index contributed by atoms with van der Waals surface area (Å²) in [5.74, 6) is -0.220. The number of benzene rings is 2. The summed E-state index contributed by atoms with van der Waals surface area (Å²) in [4.78, 5) is 29.0. The summed E-state index contributed by atoms with van der Waals surface area (Å²) < 4.78 is 12.6. The third-order valence-corrected chi connectivity index (χ3v) is 5.59. The Morgan fingerprint density at radius 1 is 1.18 bits per heavy atom. The van der Waals surface area contributed by atoms with Gasteiger partial charge in [0.25, 0.3) is 5.91 Å². The number of amides is 1. The first-order chi connectivity index (χ1) is 15.9. The van der Waals surface area contributed by atoms with Gasteiger partial charge in [0, 0.05) is 29.2 Å². The second kappa shape index (κ2) is 9.85. The summed E-state index contributed by atoms with van der Waals surface area (Å²) in [5, 5.41) is 9.39. The van der Waals surface area contributed by atoms with Gasteiger partial charge in [-0.15, -0.1) is 11.3 Å². The van der Waals surface area contributed by atoms with Gasteiger partial charge in [0.15, 0.2) is 18.1 Å². The predicted molar refractivity (Wildman–Crippen MR) is 126 cm³/mol. The molecule has 0 aliphatic rings. The van der Waals surface area contributed by atoms with Crippen LogP contribution in [-0.4, -0.2) is 33.2 Å². The third-order valence-electron chi connectivity index (χ3n) is 4.46. The molecule has 1 N–H and O–H groups in total. The maximum Gasteiger partial charge on any atom is 0.358 e. The summed E-state index contributed by atoms with van der Waals surface area (Å²) in [5.41, 5.74) is 2.37. The van der Waals surface area contributed by atoms with Crippen LogP contribution in [0.25, 0.3) is 10.6 Å². The molecule has 4 rings (SSSR count). The molecule has 0 saturated heterocycles. The van der Waals surface area contributed by atoms with Gasteiger partial charge in [0.05, 0.1) is 11.9 Å². The molecule has 168 valence electrons. The number of aryl methyl sites for hydroxylation is 2. The van der Waals surface area contributed by atoms with Gasteiger partial charge in [0.1, 0.15) is 10.8 Å². The molecule has 0 aliphatic carbocycles. The van der Waals surface area contributed by atoms with Crippen molar-refractivity contribution in [1.29, 1.82) is 0 Å². The number of rotatable bonds is 7. The van der Waals surface area contributed by atoms with Gasteiger partial charge in [0.2, 0.25) is 0 Å². The fourth-order valence-corrected chi connectivity index (χ4v) is 3.78. The Morgan fingerprint density at radius 3 is 2.70 bits per heavy atom. The smallest absolute Gasteiger partial charge is 0.358 e. The number of aromatic nitrogens is 3. The zero-order valence-corrected chi connectivity index (χ0v) is 19.3. The van der Waals surface area contributed by atoms with Gasteiger partial charge < -0.3 is 14.8 Å². The molecule has 2 aromatic carbocycles. The lowest BCUT2D eigenvalue weighted by atomic mass is 10.2. The zero-order valence-electron chi connectivity index (χ0n) is 17.7. The van der Waals surface area contributed by atoms with Crippen molar-refractivity contribution in [3.63, 3.8) is 0 Å². The quantitative estimate of drug-likeness (QED) is 0.368. The summed E-state index contributed by atoms with van der Waals surface area (Å²) in [6.45, 7) is 1.49. The largest absolute Gasteiger partial charge is 0.455 e. The lowest BCUT2D eigenvalue weighted by molar-refractivity contribution is -0.119. The van der Waals surface area contributed by atoms with Crippen LogP contribution >= 0.6 is 22.9 Å². The van der Waals surface area contributed by atoms with Crippen LogP contribution in [0.1, 0.15) is 16.1 Å². The van der Waals surface area contributed by atoms with E-state index in [1.165, 1.54) is 11.3 Å². The minimum atomic E-state index is -0.696. The molecule has 1 amide bonds. The second-order valence-corrected chi connectivity index (χ2v) is 8.42. The average molecular weight is 483 g/mol. The fourth-order valence-electron chi connectivity index (χ4n) is 2.85. The van der Waals surface area contributed by atoms with Gasteiger partial charge in [-0.1, -0.05) is 29.3 Å². The van der Waals surface area contributed by atoms with E-state index in [0.717, 1.165) is 11.1 Å². The van der Waals surface area contributed by atoms with Gasteiger partial charge in [-0.2, -0.15) is 5.10 Å². The standard InChI is InChI=1S/C23H19ClN4O4S/c1-14-3-6-17(7-4-14)32-20-8-5-16(24)9-18(20)26-21(29)12-31-23(30)19-13-33-22(27-19)15-10-25-28(2)11-15/h3-11,13H,12H2,1-2H3,(H,26,29). The van der Waals surface area contributed by atoms with E-state index >= 15 is 0 Å². The minimum Gasteiger partial charge on any atom is -0.455 e. The van der Waals surface area contributed by atoms with Crippen molar-refractivity contribution in [3.8, 4) is 22.1 Å². The van der Waals surface area contributed by atoms with Crippen molar-refractivity contribution in [2.45, 2.75) is 6.92 Å². The van der Waals surface area contributed by atoms with Gasteiger partial charge in [-0.3, -0.25) is 9.48 Å². The molecule has 0 spiro atoms. The lowest BCUT2D eigenvalue weighted by Crippen LogP contribution is -2.21. The molecular weight excluding hydrogens is 464 g/mol. The summed E-state index contributed by atoms with van der Waals surface area (Å²) >= 11 is 7.37. The SMILES string of the molecule is Cc1ccc(Oc2ccc(Cl)cc2NC(=O)COC(=O)c2csc(-c3cnn(C)c3)n2)cc1. The van der Waals surface area contributed by atoms with Crippen LogP contribution < -0.4 is 10.1 Å². The number of thiazole rings is 1. The minimum absolute atomic E-state index is 0.123. The number of anilines is 1. The maximum atomic E-state index is 12.4. The first-order valence-electron chi connectivity index (χ1n) is 9.83. The Hall–Kier alpha value is -3.69. The van der Waals surface area contributed by atoms with Crippen LogP contribution in [0.5, 0.6) is 11.5 Å². The van der Waals surface area contributed by atoms with Gasteiger partial charge >= 0.3 is 5.97 Å². The van der Waals surface area contributed by atoms with E-state index in [9.17, 15) is 9.59 Å². The van der Waals surface area contributed by atoms with E-state index in [0.29, 0.717) is 27.2 Å². The lowest BCUT2D eigenvalue weighted by Gasteiger charge is -2.13. The van der Waals surface area contributed by atoms with E-state index in [-0.39, 0.29) is 5.69 Å². The number of hydrogen-bond acceptors (Lipinski definition) is 7. The van der Waals surface area contributed by atoms with Gasteiger partial charge in [-0.05, 0) is 37.3 Å². The number of halogens is 1. The van der Waals surface area contributed by atoms with Crippen molar-refractivity contribution >= 4 is 40.5 Å². The van der Waals surface area contributed by atoms with Crippen molar-refractivity contribution in [3.05, 3.63) is 76.5 Å². The molecule has 0 atom stereocenters. The number of nitrogens with one attached hydrogen (secondary N) is 1. The summed E-state index contributed by atoms with van der Waals surface area (Å²) in [6.07, 6.45) is 3.45. The molecule has 33 heavy (non-hydrogen) atoms. The number of esters is 1. The first-order valence-corrected chi connectivity index (χ1v) is 11.1. The number of hydrogen-bond donors (Lipinski definition) is 1. The monoisotopic (exact) mass is 482 g/mol. The second-order valence-electron chi connectivity index (χ2n) is 7.12. The normalized spacial score (nSPS) is 10.6. The molecule has 8 nitrogen and oxygen atoms in total. The molecule has 0 fully saturated rings. The van der Waals surface area contributed by atoms with E-state index in [1.54, 1.807) is 47.7 Å². The first kappa shape index (κ1) is 22.5. The molecule has 10 heteroatoms. The Bertz CT molecular complexity index is 1300. The van der Waals surface area contributed by atoms with E-state index < -0.39 is 18.5 Å². The molecule has 4 aromatic rings. The number of nitrogens with zero attached hydrogens (tertiary/aromatic N) is 3. The average Bonchev–Trinajstić information content (AvgIpc) is 3.45. The Kier molecular flexibility index (Phi) is 6.71. The highest BCUT2D eigenvalue weighted by Crippen LogP contribution is 2.32. The van der Waals surface area contributed by atoms with E-state index in [4.69, 9.17) is 21.1 Å². The highest BCUT2D eigenvalue weighted by molar-refractivity contribution is 7.13. The molecular formula is C23H19ClN4O4S. The van der Waals surface area contributed by atoms with Crippen LogP contribution in [0, 0.1) is 6.92 Å². The van der Waals surface area contributed by atoms with Crippen LogP contribution in [0.4, 0.5) is 5.69 Å². The van der Waals surface area contributed by atoms with Crippen LogP contribution in [0.3, 0.4) is 0 Å². The third kappa shape index (κ3) is 5.76. The molecule has 2 aromatic heterocycles. The Balaban J connectivity index is 1.38. The number of ether oxygens (including phenoxy) is 2. The van der Waals surface area contributed by atoms with Crippen LogP contribution in [-0.2, 0) is 16.6 Å². The van der Waals surface area contributed by atoms with Gasteiger partial charge in [-0.25, -0.2) is 9.78 Å². The van der Waals surface area contributed by atoms with E-state index in [1.807, 2.05) is 31.2 Å². The van der Waals surface area contributed by atoms with Crippen molar-refractivity contribution < 1.29 is 19.1 Å². The highest BCUT2D eigenvalue weighted by atomic mass is 35.5. The van der Waals surface area contributed by atoms with Crippen molar-refractivity contribution in [2.24, 2.45) is 7.05 Å². The van der Waals surface area contributed by atoms with Crippen molar-refractivity contribution in [2.75, 3.05) is 11.9 Å². The summed E-state index contributed by atoms with van der Waals surface area (Å²) in [6, 6.07) is 12.4. The molecule has 2 heterocycles. The van der Waals surface area contributed by atoms with E-state index in [2.05, 4.69) is 15.4 Å². The molecule has 0 saturated carbocycles. The zero-order chi connectivity index (χ0) is 23.4. The molecule has 0 bridgehead atoms. The van der Waals surface area contributed by atoms with Crippen LogP contribution in [0.15, 0.2) is 60.2 Å². The van der Waals surface area contributed by atoms with Crippen LogP contribution in [0.2, 0.25) is 5.02 Å². The van der Waals surface area contributed by atoms with Crippen molar-refractivity contribution in [1.82, 2.24) is 14.8 Å². The fraction of sp³-hybridized carbons (Fsp3) is 0.130. The predicted octanol–water partition coefficient (Wildman–Crippen LogP) is 5.09. The topological polar surface area (TPSA) is 95.3 Å². The number of carbonyl (C=O) groups excluding carboxylic acids is 2. The summed E-state index contributed by atoms with van der Waals surface area (Å²) in [7, 11) is 1.79. The molecule has 0 aliphatic heterocycles. The number of carbonyl (C=O) groups is 2. The highest BCUT2D eigenvalue weighted by Gasteiger charge is 2.17. The Morgan fingerprint density at radius 2 is 1.97 bits per heavy atom. The molecule has 0 unspecified atom stereocenters. The maximum absolute atomic E-state index is 12.4. The Labute approximate surface area is 198 Å². The molecule has 0 radical (unpaired) electrons.